The molecule has 1 N–H and O–H groups in total. The third-order valence-electron chi connectivity index (χ3n) is 5.66. The summed E-state index contributed by atoms with van der Waals surface area (Å²) < 4.78 is 0. The minimum absolute atomic E-state index is 0.0551. The Kier molecular flexibility index (Phi) is 20.1. The molecule has 0 spiro atoms. The lowest BCUT2D eigenvalue weighted by Gasteiger charge is -2.14. The summed E-state index contributed by atoms with van der Waals surface area (Å²) >= 11 is 4.24. The van der Waals surface area contributed by atoms with Gasteiger partial charge < -0.3 is 5.32 Å². The molecule has 0 aromatic carbocycles. The van der Waals surface area contributed by atoms with Crippen LogP contribution in [-0.2, 0) is 9.59 Å². The summed E-state index contributed by atoms with van der Waals surface area (Å²) in [5.41, 5.74) is 0. The van der Waals surface area contributed by atoms with Crippen LogP contribution in [0.3, 0.4) is 0 Å². The zero-order valence-electron chi connectivity index (χ0n) is 20.4. The number of thiol groups is 1. The third-order valence-corrected chi connectivity index (χ3v) is 8.22. The maximum Gasteiger partial charge on any atom is 0.222 e. The van der Waals surface area contributed by atoms with Crippen molar-refractivity contribution in [2.45, 2.75) is 121 Å². The van der Waals surface area contributed by atoms with E-state index in [0.717, 1.165) is 28.7 Å². The van der Waals surface area contributed by atoms with Crippen LogP contribution in [-0.4, -0.2) is 27.8 Å². The van der Waals surface area contributed by atoms with Gasteiger partial charge in [0.05, 0.1) is 0 Å². The number of amides is 1. The number of nitrogens with one attached hydrogen (secondary N) is 1. The number of hydrogen-bond donors (Lipinski definition) is 2. The van der Waals surface area contributed by atoms with Gasteiger partial charge in [0.25, 0.3) is 0 Å². The molecule has 0 bridgehead atoms. The first-order valence-electron chi connectivity index (χ1n) is 12.9. The van der Waals surface area contributed by atoms with Crippen molar-refractivity contribution in [3.63, 3.8) is 0 Å². The largest absolute Gasteiger partial charge is 0.344 e. The predicted octanol–water partition coefficient (Wildman–Crippen LogP) is 8.02. The fourth-order valence-corrected chi connectivity index (χ4v) is 5.83. The first kappa shape index (κ1) is 30.4. The fourth-order valence-electron chi connectivity index (χ4n) is 3.64. The van der Waals surface area contributed by atoms with E-state index >= 15 is 0 Å². The second-order valence-corrected chi connectivity index (χ2v) is 11.2. The molecular weight excluding hydrogens is 468 g/mol. The summed E-state index contributed by atoms with van der Waals surface area (Å²) in [7, 11) is 2.41. The van der Waals surface area contributed by atoms with E-state index in [1.807, 2.05) is 18.2 Å². The van der Waals surface area contributed by atoms with Crippen molar-refractivity contribution in [3.8, 4) is 0 Å². The summed E-state index contributed by atoms with van der Waals surface area (Å²) in [4.78, 5) is 28.7. The van der Waals surface area contributed by atoms with Crippen LogP contribution in [0.15, 0.2) is 29.4 Å². The molecule has 33 heavy (non-hydrogen) atoms. The number of hydrogen-bond acceptors (Lipinski definition) is 6. The minimum atomic E-state index is -0.557. The maximum atomic E-state index is 12.3. The van der Waals surface area contributed by atoms with Gasteiger partial charge in [-0.1, -0.05) is 103 Å². The highest BCUT2D eigenvalue weighted by Gasteiger charge is 2.20. The van der Waals surface area contributed by atoms with E-state index in [1.165, 1.54) is 94.3 Å². The highest BCUT2D eigenvalue weighted by Crippen LogP contribution is 2.30. The van der Waals surface area contributed by atoms with E-state index in [9.17, 15) is 9.59 Å². The van der Waals surface area contributed by atoms with Crippen LogP contribution >= 0.6 is 34.2 Å². The Morgan fingerprint density at radius 3 is 1.91 bits per heavy atom. The third kappa shape index (κ3) is 17.4. The molecule has 0 unspecified atom stereocenters. The Morgan fingerprint density at radius 2 is 1.42 bits per heavy atom. The average molecular weight is 513 g/mol. The first-order valence-corrected chi connectivity index (χ1v) is 15.6. The molecule has 188 valence electrons. The lowest BCUT2D eigenvalue weighted by atomic mass is 10.0. The quantitative estimate of drug-likeness (QED) is 0.0992. The van der Waals surface area contributed by atoms with Crippen molar-refractivity contribution in [2.75, 3.05) is 5.75 Å². The summed E-state index contributed by atoms with van der Waals surface area (Å²) in [5, 5.41) is 3.52. The van der Waals surface area contributed by atoms with Gasteiger partial charge in [-0.3, -0.25) is 9.59 Å². The summed E-state index contributed by atoms with van der Waals surface area (Å²) in [6, 6.07) is 5.02. The van der Waals surface area contributed by atoms with Crippen LogP contribution < -0.4 is 5.32 Å². The van der Waals surface area contributed by atoms with Crippen LogP contribution in [0.25, 0.3) is 0 Å². The molecule has 1 amide bonds. The Morgan fingerprint density at radius 1 is 0.879 bits per heavy atom. The van der Waals surface area contributed by atoms with E-state index in [4.69, 9.17) is 0 Å². The van der Waals surface area contributed by atoms with Crippen molar-refractivity contribution in [1.29, 1.82) is 0 Å². The van der Waals surface area contributed by atoms with Crippen molar-refractivity contribution in [3.05, 3.63) is 24.4 Å². The molecule has 0 fully saturated rings. The van der Waals surface area contributed by atoms with Crippen LogP contribution in [0.4, 0.5) is 0 Å². The zero-order valence-corrected chi connectivity index (χ0v) is 23.0. The van der Waals surface area contributed by atoms with Crippen molar-refractivity contribution in [2.24, 2.45) is 0 Å². The molecule has 0 radical (unpaired) electrons. The van der Waals surface area contributed by atoms with Crippen molar-refractivity contribution < 1.29 is 9.59 Å². The number of carbonyl (C=O) groups excluding carboxylic acids is 2. The van der Waals surface area contributed by atoms with Crippen LogP contribution in [0.5, 0.6) is 0 Å². The summed E-state index contributed by atoms with van der Waals surface area (Å²) in [6.07, 6.45) is 21.8. The number of pyridine rings is 1. The zero-order chi connectivity index (χ0) is 24.0. The molecule has 1 aromatic rings. The van der Waals surface area contributed by atoms with Gasteiger partial charge in [0.1, 0.15) is 11.1 Å². The van der Waals surface area contributed by atoms with Gasteiger partial charge in [0.2, 0.25) is 11.0 Å². The van der Waals surface area contributed by atoms with Gasteiger partial charge in [0.15, 0.2) is 0 Å². The van der Waals surface area contributed by atoms with E-state index in [-0.39, 0.29) is 11.0 Å². The highest BCUT2D eigenvalue weighted by atomic mass is 33.1. The molecule has 0 saturated carbocycles. The number of carbonyl (C=O) groups is 2. The number of rotatable bonds is 21. The van der Waals surface area contributed by atoms with E-state index in [1.54, 1.807) is 6.20 Å². The van der Waals surface area contributed by atoms with Crippen LogP contribution in [0.1, 0.15) is 110 Å². The van der Waals surface area contributed by atoms with Gasteiger partial charge >= 0.3 is 0 Å². The fraction of sp³-hybridized carbons (Fsp3) is 0.731. The standard InChI is InChI=1S/C26H44N2O2S3/c1-2-3-4-5-6-7-8-9-10-11-12-13-14-15-16-19-24(29)28-23(22-31)26(30)33-32-25-20-17-18-21-27-25/h17-18,20-21,23,31H,2-16,19,22H2,1H3,(H,28,29)/t23-/m0/s1. The lowest BCUT2D eigenvalue weighted by Crippen LogP contribution is -2.40. The molecule has 4 nitrogen and oxygen atoms in total. The second kappa shape index (κ2) is 21.8. The molecular formula is C26H44N2O2S3. The Hall–Kier alpha value is -0.660. The molecule has 1 aromatic heterocycles. The van der Waals surface area contributed by atoms with Crippen molar-refractivity contribution in [1.82, 2.24) is 10.3 Å². The second-order valence-electron chi connectivity index (χ2n) is 8.66. The normalized spacial score (nSPS) is 11.9. The smallest absolute Gasteiger partial charge is 0.222 e. The maximum absolute atomic E-state index is 12.3. The Labute approximate surface area is 215 Å². The molecule has 1 atom stereocenters. The summed E-state index contributed by atoms with van der Waals surface area (Å²) in [5.74, 6) is 0.250. The minimum Gasteiger partial charge on any atom is -0.344 e. The van der Waals surface area contributed by atoms with Gasteiger partial charge in [-0.05, 0) is 40.1 Å². The van der Waals surface area contributed by atoms with E-state index in [2.05, 4.69) is 29.9 Å². The molecule has 1 rings (SSSR count). The molecule has 1 heterocycles. The molecule has 0 aliphatic carbocycles. The molecule has 0 saturated heterocycles. The average Bonchev–Trinajstić information content (AvgIpc) is 2.84. The molecule has 0 aliphatic heterocycles. The Balaban J connectivity index is 1.95. The van der Waals surface area contributed by atoms with Gasteiger partial charge in [-0.25, -0.2) is 4.98 Å². The Bertz CT molecular complexity index is 617. The molecule has 7 heteroatoms. The van der Waals surface area contributed by atoms with E-state index in [0.29, 0.717) is 12.2 Å². The monoisotopic (exact) mass is 512 g/mol. The number of nitrogens with zero attached hydrogens (tertiary/aromatic N) is 1. The number of aromatic nitrogens is 1. The molecule has 0 aliphatic rings. The highest BCUT2D eigenvalue weighted by molar-refractivity contribution is 8.82. The van der Waals surface area contributed by atoms with Crippen molar-refractivity contribution >= 4 is 45.2 Å². The van der Waals surface area contributed by atoms with Crippen LogP contribution in [0, 0.1) is 0 Å². The van der Waals surface area contributed by atoms with Crippen LogP contribution in [0.2, 0.25) is 0 Å². The predicted molar refractivity (Wildman–Crippen MR) is 148 cm³/mol. The lowest BCUT2D eigenvalue weighted by molar-refractivity contribution is -0.124. The van der Waals surface area contributed by atoms with Gasteiger partial charge in [-0.15, -0.1) is 0 Å². The number of unbranched alkanes of at least 4 members (excludes halogenated alkanes) is 14. The SMILES string of the molecule is CCCCCCCCCCCCCCCCCC(=O)N[C@@H](CS)C(=O)SSc1ccccn1. The first-order chi connectivity index (χ1) is 16.2. The van der Waals surface area contributed by atoms with Gasteiger partial charge in [-0.2, -0.15) is 12.6 Å². The summed E-state index contributed by atoms with van der Waals surface area (Å²) in [6.45, 7) is 2.27. The topological polar surface area (TPSA) is 59.1 Å². The van der Waals surface area contributed by atoms with Gasteiger partial charge in [0, 0.05) is 18.4 Å². The van der Waals surface area contributed by atoms with E-state index < -0.39 is 6.04 Å².